The van der Waals surface area contributed by atoms with Crippen molar-refractivity contribution < 1.29 is 23.4 Å². The highest BCUT2D eigenvalue weighted by Gasteiger charge is 2.16. The smallest absolute Gasteiger partial charge is 0.198 e. The second-order valence-electron chi connectivity index (χ2n) is 7.23. The van der Waals surface area contributed by atoms with Gasteiger partial charge in [0.25, 0.3) is 0 Å². The first-order valence-electron chi connectivity index (χ1n) is 9.33. The second kappa shape index (κ2) is 8.94. The summed E-state index contributed by atoms with van der Waals surface area (Å²) < 4.78 is 32.1. The average molecular weight is 422 g/mol. The van der Waals surface area contributed by atoms with Crippen LogP contribution in [0.3, 0.4) is 0 Å². The van der Waals surface area contributed by atoms with Crippen LogP contribution in [0.5, 0.6) is 5.75 Å². The van der Waals surface area contributed by atoms with Gasteiger partial charge in [-0.3, -0.25) is 4.79 Å². The van der Waals surface area contributed by atoms with Crippen molar-refractivity contribution in [1.29, 1.82) is 0 Å². The van der Waals surface area contributed by atoms with E-state index in [-0.39, 0.29) is 22.6 Å². The Hall–Kier alpha value is -3.76. The summed E-state index contributed by atoms with van der Waals surface area (Å²) in [6.45, 7) is 3.13. The van der Waals surface area contributed by atoms with Crippen LogP contribution in [0, 0.1) is 23.5 Å². The van der Waals surface area contributed by atoms with Crippen LogP contribution >= 0.6 is 0 Å². The number of rotatable bonds is 5. The first kappa shape index (κ1) is 21.9. The number of halogens is 2. The lowest BCUT2D eigenvalue weighted by atomic mass is 10.0. The molecule has 5 nitrogen and oxygen atoms in total. The van der Waals surface area contributed by atoms with Gasteiger partial charge >= 0.3 is 0 Å². The van der Waals surface area contributed by atoms with Crippen LogP contribution in [0.4, 0.5) is 20.3 Å². The molecule has 1 aromatic heterocycles. The average Bonchev–Trinajstić information content (AvgIpc) is 2.73. The van der Waals surface area contributed by atoms with Crippen molar-refractivity contribution in [3.63, 3.8) is 0 Å². The number of anilines is 2. The van der Waals surface area contributed by atoms with Crippen LogP contribution in [-0.2, 0) is 0 Å². The summed E-state index contributed by atoms with van der Waals surface area (Å²) in [7, 11) is 1.46. The van der Waals surface area contributed by atoms with E-state index in [9.17, 15) is 18.7 Å². The predicted molar refractivity (Wildman–Crippen MR) is 113 cm³/mol. The Labute approximate surface area is 178 Å². The van der Waals surface area contributed by atoms with E-state index in [1.54, 1.807) is 32.0 Å². The monoisotopic (exact) mass is 422 g/mol. The van der Waals surface area contributed by atoms with E-state index in [1.165, 1.54) is 31.5 Å². The molecule has 0 saturated carbocycles. The van der Waals surface area contributed by atoms with Crippen molar-refractivity contribution in [1.82, 2.24) is 4.98 Å². The zero-order valence-electron chi connectivity index (χ0n) is 17.2. The molecule has 0 radical (unpaired) electrons. The molecule has 0 aliphatic carbocycles. The minimum absolute atomic E-state index is 0.0627. The lowest BCUT2D eigenvalue weighted by molar-refractivity contribution is 0.103. The third-order valence-electron chi connectivity index (χ3n) is 4.18. The maximum Gasteiger partial charge on any atom is 0.198 e. The molecule has 2 N–H and O–H groups in total. The number of carbonyl (C=O) groups excluding carboxylic acids is 1. The van der Waals surface area contributed by atoms with Gasteiger partial charge in [0, 0.05) is 23.4 Å². The molecule has 3 rings (SSSR count). The summed E-state index contributed by atoms with van der Waals surface area (Å²) in [6.07, 6.45) is 1.35. The minimum Gasteiger partial charge on any atom is -0.496 e. The fraction of sp³-hybridized carbons (Fsp3) is 0.167. The highest BCUT2D eigenvalue weighted by atomic mass is 19.1. The summed E-state index contributed by atoms with van der Waals surface area (Å²) in [4.78, 5) is 17.1. The number of carbonyl (C=O) groups is 1. The van der Waals surface area contributed by atoms with Crippen LogP contribution < -0.4 is 10.1 Å². The minimum atomic E-state index is -1.17. The number of ether oxygens (including phenoxy) is 1. The Morgan fingerprint density at radius 2 is 1.90 bits per heavy atom. The molecule has 158 valence electrons. The van der Waals surface area contributed by atoms with E-state index in [0.29, 0.717) is 17.1 Å². The highest BCUT2D eigenvalue weighted by molar-refractivity contribution is 6.10. The van der Waals surface area contributed by atoms with E-state index in [2.05, 4.69) is 22.1 Å². The molecule has 31 heavy (non-hydrogen) atoms. The zero-order chi connectivity index (χ0) is 22.6. The second-order valence-corrected chi connectivity index (χ2v) is 7.23. The van der Waals surface area contributed by atoms with Gasteiger partial charge in [-0.05, 0) is 56.3 Å². The molecule has 0 unspecified atom stereocenters. The van der Waals surface area contributed by atoms with Crippen LogP contribution in [0.15, 0.2) is 54.7 Å². The first-order chi connectivity index (χ1) is 14.7. The number of pyridine rings is 1. The van der Waals surface area contributed by atoms with Crippen molar-refractivity contribution in [3.8, 4) is 17.6 Å². The van der Waals surface area contributed by atoms with Crippen molar-refractivity contribution in [3.05, 3.63) is 83.1 Å². The molecule has 1 heterocycles. The number of hydrogen-bond donors (Lipinski definition) is 2. The summed E-state index contributed by atoms with van der Waals surface area (Å²) in [5, 5.41) is 12.5. The third kappa shape index (κ3) is 5.65. The summed E-state index contributed by atoms with van der Waals surface area (Å²) in [5.74, 6) is 4.42. The van der Waals surface area contributed by atoms with Gasteiger partial charge in [0.1, 0.15) is 28.8 Å². The Balaban J connectivity index is 1.86. The molecule has 0 aliphatic heterocycles. The van der Waals surface area contributed by atoms with E-state index in [4.69, 9.17) is 4.74 Å². The Morgan fingerprint density at radius 1 is 1.13 bits per heavy atom. The number of aliphatic hydroxyl groups is 1. The zero-order valence-corrected chi connectivity index (χ0v) is 17.2. The van der Waals surface area contributed by atoms with Crippen molar-refractivity contribution in [2.24, 2.45) is 0 Å². The summed E-state index contributed by atoms with van der Waals surface area (Å²) in [6, 6.07) is 11.1. The van der Waals surface area contributed by atoms with E-state index in [0.717, 1.165) is 12.1 Å². The Bertz CT molecular complexity index is 1170. The van der Waals surface area contributed by atoms with Crippen LogP contribution in [-0.4, -0.2) is 28.6 Å². The number of benzene rings is 2. The number of nitrogens with zero attached hydrogens (tertiary/aromatic N) is 1. The van der Waals surface area contributed by atoms with Gasteiger partial charge < -0.3 is 15.2 Å². The normalized spacial score (nSPS) is 10.8. The number of methoxy groups -OCH3 is 1. The lowest BCUT2D eigenvalue weighted by Crippen LogP contribution is -2.14. The largest absolute Gasteiger partial charge is 0.496 e. The molecule has 0 aliphatic rings. The fourth-order valence-electron chi connectivity index (χ4n) is 2.67. The molecule has 2 aromatic carbocycles. The van der Waals surface area contributed by atoms with Gasteiger partial charge in [0.15, 0.2) is 5.78 Å². The van der Waals surface area contributed by atoms with Crippen LogP contribution in [0.25, 0.3) is 0 Å². The molecule has 3 aromatic rings. The Morgan fingerprint density at radius 3 is 2.52 bits per heavy atom. The molecule has 0 fully saturated rings. The van der Waals surface area contributed by atoms with Gasteiger partial charge in [0.2, 0.25) is 0 Å². The van der Waals surface area contributed by atoms with Gasteiger partial charge in [-0.2, -0.15) is 0 Å². The molecule has 0 saturated heterocycles. The van der Waals surface area contributed by atoms with E-state index in [1.807, 2.05) is 0 Å². The van der Waals surface area contributed by atoms with Crippen molar-refractivity contribution in [2.75, 3.05) is 12.4 Å². The van der Waals surface area contributed by atoms with Gasteiger partial charge in [-0.15, -0.1) is 0 Å². The Kier molecular flexibility index (Phi) is 6.33. The van der Waals surface area contributed by atoms with Crippen molar-refractivity contribution >= 4 is 17.3 Å². The number of hydrogen-bond acceptors (Lipinski definition) is 5. The van der Waals surface area contributed by atoms with E-state index < -0.39 is 17.2 Å². The molecular weight excluding hydrogens is 402 g/mol. The lowest BCUT2D eigenvalue weighted by Gasteiger charge is -2.10. The SMILES string of the molecule is COc1ccc(C#CC(C)(C)O)cc1C(=O)c1ccc(Nc2ccc(F)cc2F)nc1. The third-order valence-corrected chi connectivity index (χ3v) is 4.18. The van der Waals surface area contributed by atoms with Crippen LogP contribution in [0.2, 0.25) is 0 Å². The molecular formula is C24H20F2N2O3. The standard InChI is InChI=1S/C24H20F2N2O3/c1-24(2,30)11-10-15-4-8-21(31-3)18(12-15)23(29)16-5-9-22(27-14-16)28-20-7-6-17(25)13-19(20)26/h4-9,12-14,30H,1-3H3,(H,27,28). The maximum atomic E-state index is 13.8. The molecule has 0 atom stereocenters. The van der Waals surface area contributed by atoms with Gasteiger partial charge in [0.05, 0.1) is 18.4 Å². The number of ketones is 1. The maximum absolute atomic E-state index is 13.8. The van der Waals surface area contributed by atoms with Gasteiger partial charge in [-0.25, -0.2) is 13.8 Å². The van der Waals surface area contributed by atoms with Gasteiger partial charge in [-0.1, -0.05) is 11.8 Å². The summed E-state index contributed by atoms with van der Waals surface area (Å²) >= 11 is 0. The predicted octanol–water partition coefficient (Wildman–Crippen LogP) is 4.47. The first-order valence-corrected chi connectivity index (χ1v) is 9.33. The number of nitrogens with one attached hydrogen (secondary N) is 1. The quantitative estimate of drug-likeness (QED) is 0.469. The van der Waals surface area contributed by atoms with E-state index >= 15 is 0 Å². The topological polar surface area (TPSA) is 71.5 Å². The summed E-state index contributed by atoms with van der Waals surface area (Å²) in [5.41, 5.74) is 0.0195. The molecule has 0 bridgehead atoms. The highest BCUT2D eigenvalue weighted by Crippen LogP contribution is 2.24. The molecule has 0 amide bonds. The van der Waals surface area contributed by atoms with Crippen LogP contribution in [0.1, 0.15) is 35.3 Å². The fourth-order valence-corrected chi connectivity index (χ4v) is 2.67. The molecule has 7 heteroatoms. The molecule has 0 spiro atoms. The van der Waals surface area contributed by atoms with Crippen molar-refractivity contribution in [2.45, 2.75) is 19.4 Å². The number of aromatic nitrogens is 1.